The third kappa shape index (κ3) is 2.01. The number of aromatic carboxylic acids is 1. The third-order valence-corrected chi connectivity index (χ3v) is 4.20. The maximum Gasteiger partial charge on any atom is 0.336 e. The molecule has 1 aromatic carbocycles. The van der Waals surface area contributed by atoms with E-state index in [0.29, 0.717) is 11.6 Å². The maximum atomic E-state index is 11.1. The summed E-state index contributed by atoms with van der Waals surface area (Å²) in [4.78, 5) is 15.6. The van der Waals surface area contributed by atoms with E-state index in [1.807, 2.05) is 19.3 Å². The first-order valence-electron chi connectivity index (χ1n) is 6.88. The lowest BCUT2D eigenvalue weighted by molar-refractivity contribution is 0.0696. The van der Waals surface area contributed by atoms with Gasteiger partial charge in [-0.25, -0.2) is 9.78 Å². The fraction of sp³-hybridized carbons (Fsp3) is 0.467. The van der Waals surface area contributed by atoms with Crippen LogP contribution in [-0.4, -0.2) is 20.6 Å². The second-order valence-electron chi connectivity index (χ2n) is 5.35. The van der Waals surface area contributed by atoms with Gasteiger partial charge in [0.05, 0.1) is 22.9 Å². The molecule has 2 aromatic rings. The number of aromatic nitrogens is 2. The lowest BCUT2D eigenvalue weighted by atomic mass is 9.95. The van der Waals surface area contributed by atoms with Crippen molar-refractivity contribution < 1.29 is 9.90 Å². The number of imidazole rings is 1. The van der Waals surface area contributed by atoms with Crippen LogP contribution in [0.5, 0.6) is 0 Å². The summed E-state index contributed by atoms with van der Waals surface area (Å²) in [5.41, 5.74) is 3.00. The van der Waals surface area contributed by atoms with Gasteiger partial charge in [-0.15, -0.1) is 0 Å². The van der Waals surface area contributed by atoms with Gasteiger partial charge in [0, 0.05) is 6.04 Å². The highest BCUT2D eigenvalue weighted by Crippen LogP contribution is 2.31. The highest BCUT2D eigenvalue weighted by molar-refractivity contribution is 5.95. The van der Waals surface area contributed by atoms with E-state index in [1.54, 1.807) is 6.07 Å². The summed E-state index contributed by atoms with van der Waals surface area (Å²) in [6.07, 6.45) is 8.15. The van der Waals surface area contributed by atoms with Gasteiger partial charge in [-0.1, -0.05) is 19.3 Å². The number of carboxylic acids is 1. The Balaban J connectivity index is 2.08. The van der Waals surface area contributed by atoms with Crippen LogP contribution in [0.4, 0.5) is 0 Å². The van der Waals surface area contributed by atoms with E-state index in [1.165, 1.54) is 32.1 Å². The van der Waals surface area contributed by atoms with Crippen LogP contribution >= 0.6 is 0 Å². The minimum absolute atomic E-state index is 0.349. The second kappa shape index (κ2) is 4.68. The minimum Gasteiger partial charge on any atom is -0.478 e. The average Bonchev–Trinajstić information content (AvgIpc) is 2.84. The predicted molar refractivity (Wildman–Crippen MR) is 73.6 cm³/mol. The molecule has 1 aliphatic rings. The minimum atomic E-state index is -0.883. The summed E-state index contributed by atoms with van der Waals surface area (Å²) >= 11 is 0. The molecule has 1 aliphatic carbocycles. The normalized spacial score (nSPS) is 16.9. The van der Waals surface area contributed by atoms with Crippen LogP contribution < -0.4 is 0 Å². The van der Waals surface area contributed by atoms with E-state index in [0.717, 1.165) is 16.6 Å². The molecule has 0 aliphatic heterocycles. The van der Waals surface area contributed by atoms with E-state index < -0.39 is 5.97 Å². The lowest BCUT2D eigenvalue weighted by Gasteiger charge is -2.23. The van der Waals surface area contributed by atoms with Gasteiger partial charge in [0.25, 0.3) is 0 Å². The Hall–Kier alpha value is -1.84. The van der Waals surface area contributed by atoms with E-state index >= 15 is 0 Å². The van der Waals surface area contributed by atoms with Crippen LogP contribution in [0.1, 0.15) is 54.1 Å². The lowest BCUT2D eigenvalue weighted by Crippen LogP contribution is -2.11. The smallest absolute Gasteiger partial charge is 0.336 e. The van der Waals surface area contributed by atoms with Crippen LogP contribution in [0.25, 0.3) is 11.0 Å². The van der Waals surface area contributed by atoms with Crippen LogP contribution in [0.15, 0.2) is 18.5 Å². The average molecular weight is 258 g/mol. The number of hydrogen-bond donors (Lipinski definition) is 1. The van der Waals surface area contributed by atoms with Gasteiger partial charge < -0.3 is 9.67 Å². The van der Waals surface area contributed by atoms with Crippen molar-refractivity contribution in [1.29, 1.82) is 0 Å². The first-order valence-corrected chi connectivity index (χ1v) is 6.88. The highest BCUT2D eigenvalue weighted by atomic mass is 16.4. The molecule has 0 spiro atoms. The monoisotopic (exact) mass is 258 g/mol. The highest BCUT2D eigenvalue weighted by Gasteiger charge is 2.19. The summed E-state index contributed by atoms with van der Waals surface area (Å²) in [5, 5.41) is 9.15. The Bertz CT molecular complexity index is 624. The van der Waals surface area contributed by atoms with Crippen molar-refractivity contribution >= 4 is 17.0 Å². The topological polar surface area (TPSA) is 55.1 Å². The molecule has 4 nitrogen and oxygen atoms in total. The number of rotatable bonds is 2. The Kier molecular flexibility index (Phi) is 3.01. The van der Waals surface area contributed by atoms with Crippen molar-refractivity contribution in [2.75, 3.05) is 0 Å². The predicted octanol–water partition coefficient (Wildman–Crippen LogP) is 3.55. The Morgan fingerprint density at radius 1 is 1.32 bits per heavy atom. The number of aryl methyl sites for hydroxylation is 1. The molecular weight excluding hydrogens is 240 g/mol. The number of nitrogens with zero attached hydrogens (tertiary/aromatic N) is 2. The molecule has 3 rings (SSSR count). The zero-order chi connectivity index (χ0) is 13.4. The number of hydrogen-bond acceptors (Lipinski definition) is 2. The molecular formula is C15H18N2O2. The molecule has 1 saturated carbocycles. The summed E-state index contributed by atoms with van der Waals surface area (Å²) in [5.74, 6) is -0.883. The van der Waals surface area contributed by atoms with Crippen LogP contribution in [0.2, 0.25) is 0 Å². The largest absolute Gasteiger partial charge is 0.478 e. The number of carbonyl (C=O) groups is 1. The Labute approximate surface area is 112 Å². The van der Waals surface area contributed by atoms with Crippen molar-refractivity contribution in [1.82, 2.24) is 9.55 Å². The molecule has 1 N–H and O–H groups in total. The Morgan fingerprint density at radius 2 is 2.05 bits per heavy atom. The number of carboxylic acid groups (broad SMARTS) is 1. The van der Waals surface area contributed by atoms with Gasteiger partial charge in [-0.3, -0.25) is 0 Å². The third-order valence-electron chi connectivity index (χ3n) is 4.20. The van der Waals surface area contributed by atoms with Crippen molar-refractivity contribution in [3.8, 4) is 0 Å². The van der Waals surface area contributed by atoms with Gasteiger partial charge in [0.15, 0.2) is 0 Å². The van der Waals surface area contributed by atoms with Crippen molar-refractivity contribution in [3.05, 3.63) is 29.6 Å². The van der Waals surface area contributed by atoms with E-state index in [2.05, 4.69) is 9.55 Å². The molecule has 100 valence electrons. The van der Waals surface area contributed by atoms with Crippen molar-refractivity contribution in [3.63, 3.8) is 0 Å². The number of benzene rings is 1. The zero-order valence-electron chi connectivity index (χ0n) is 11.1. The summed E-state index contributed by atoms with van der Waals surface area (Å²) in [6, 6.07) is 4.11. The molecule has 0 bridgehead atoms. The Morgan fingerprint density at radius 3 is 2.74 bits per heavy atom. The molecule has 0 radical (unpaired) electrons. The van der Waals surface area contributed by atoms with Gasteiger partial charge in [-0.05, 0) is 37.5 Å². The van der Waals surface area contributed by atoms with Gasteiger partial charge in [0.1, 0.15) is 0 Å². The maximum absolute atomic E-state index is 11.1. The van der Waals surface area contributed by atoms with Crippen molar-refractivity contribution in [2.24, 2.45) is 0 Å². The molecule has 0 unspecified atom stereocenters. The SMILES string of the molecule is Cc1c(C(=O)O)ccc2c1ncn2C1CCCCC1. The fourth-order valence-corrected chi connectivity index (χ4v) is 3.12. The van der Waals surface area contributed by atoms with Crippen LogP contribution in [0.3, 0.4) is 0 Å². The quantitative estimate of drug-likeness (QED) is 0.896. The standard InChI is InChI=1S/C15H18N2O2/c1-10-12(15(18)19)7-8-13-14(10)16-9-17(13)11-5-3-2-4-6-11/h7-9,11H,2-6H2,1H3,(H,18,19). The van der Waals surface area contributed by atoms with Crippen LogP contribution in [-0.2, 0) is 0 Å². The van der Waals surface area contributed by atoms with Gasteiger partial charge in [-0.2, -0.15) is 0 Å². The number of fused-ring (bicyclic) bond motifs is 1. The molecule has 0 amide bonds. The van der Waals surface area contributed by atoms with E-state index in [4.69, 9.17) is 5.11 Å². The first-order chi connectivity index (χ1) is 9.18. The summed E-state index contributed by atoms with van der Waals surface area (Å²) < 4.78 is 2.23. The molecule has 1 fully saturated rings. The molecule has 19 heavy (non-hydrogen) atoms. The van der Waals surface area contributed by atoms with E-state index in [9.17, 15) is 4.79 Å². The molecule has 1 aromatic heterocycles. The van der Waals surface area contributed by atoms with Crippen LogP contribution in [0, 0.1) is 6.92 Å². The summed E-state index contributed by atoms with van der Waals surface area (Å²) in [6.45, 7) is 1.84. The zero-order valence-corrected chi connectivity index (χ0v) is 11.1. The van der Waals surface area contributed by atoms with Gasteiger partial charge >= 0.3 is 5.97 Å². The first kappa shape index (κ1) is 12.2. The van der Waals surface area contributed by atoms with Gasteiger partial charge in [0.2, 0.25) is 0 Å². The molecule has 1 heterocycles. The molecule has 4 heteroatoms. The molecule has 0 saturated heterocycles. The van der Waals surface area contributed by atoms with E-state index in [-0.39, 0.29) is 0 Å². The van der Waals surface area contributed by atoms with Crippen molar-refractivity contribution in [2.45, 2.75) is 45.1 Å². The summed E-state index contributed by atoms with van der Waals surface area (Å²) in [7, 11) is 0. The second-order valence-corrected chi connectivity index (χ2v) is 5.35. The fourth-order valence-electron chi connectivity index (χ4n) is 3.12. The molecule has 0 atom stereocenters.